The van der Waals surface area contributed by atoms with Crippen molar-refractivity contribution in [1.82, 2.24) is 5.32 Å². The Labute approximate surface area is 191 Å². The fourth-order valence-corrected chi connectivity index (χ4v) is 3.97. The Kier molecular flexibility index (Phi) is 5.88. The van der Waals surface area contributed by atoms with Crippen LogP contribution in [-0.2, 0) is 16.0 Å². The van der Waals surface area contributed by atoms with Gasteiger partial charge in [-0.3, -0.25) is 4.79 Å². The van der Waals surface area contributed by atoms with Crippen LogP contribution in [0.3, 0.4) is 0 Å². The number of fused-ring (bicyclic) bond motifs is 2. The topological polar surface area (TPSA) is 113 Å². The van der Waals surface area contributed by atoms with Gasteiger partial charge in [-0.2, -0.15) is 0 Å². The maximum Gasteiger partial charge on any atom is 0.340 e. The van der Waals surface area contributed by atoms with Gasteiger partial charge in [0.25, 0.3) is 0 Å². The summed E-state index contributed by atoms with van der Waals surface area (Å²) in [4.78, 5) is 36.0. The van der Waals surface area contributed by atoms with Gasteiger partial charge in [0.2, 0.25) is 5.91 Å². The van der Waals surface area contributed by atoms with E-state index in [-0.39, 0.29) is 18.4 Å². The molecule has 0 saturated carbocycles. The third-order valence-corrected chi connectivity index (χ3v) is 6.03. The Morgan fingerprint density at radius 2 is 1.84 bits per heavy atom. The number of carbonyl (C=O) groups is 2. The Morgan fingerprint density at radius 3 is 2.50 bits per heavy atom. The van der Waals surface area contributed by atoms with Crippen molar-refractivity contribution >= 4 is 49.7 Å². The normalized spacial score (nSPS) is 12.2. The number of hydrogen-bond acceptors (Lipinski definition) is 6. The van der Waals surface area contributed by atoms with Crippen LogP contribution in [0.15, 0.2) is 60.8 Å². The van der Waals surface area contributed by atoms with Crippen LogP contribution in [0.4, 0.5) is 0 Å². The van der Waals surface area contributed by atoms with E-state index < -0.39 is 23.5 Å². The number of rotatable bonds is 6. The van der Waals surface area contributed by atoms with E-state index in [1.54, 1.807) is 26.2 Å². The second-order valence-electron chi connectivity index (χ2n) is 7.52. The maximum absolute atomic E-state index is 12.6. The van der Waals surface area contributed by atoms with Crippen LogP contribution in [0.2, 0.25) is 0 Å². The summed E-state index contributed by atoms with van der Waals surface area (Å²) in [5.74, 6) is -1.96. The van der Waals surface area contributed by atoms with Gasteiger partial charge < -0.3 is 24.1 Å². The molecule has 0 fully saturated rings. The fourth-order valence-electron chi connectivity index (χ4n) is 3.70. The zero-order valence-electron chi connectivity index (χ0n) is 17.4. The number of benzene rings is 2. The van der Waals surface area contributed by atoms with Crippen LogP contribution < -0.4 is 16.0 Å². The second kappa shape index (κ2) is 8.63. The second-order valence-corrected chi connectivity index (χ2v) is 8.43. The predicted octanol–water partition coefficient (Wildman–Crippen LogP) is 3.46. The minimum Gasteiger partial charge on any atom is -0.548 e. The quantitative estimate of drug-likeness (QED) is 0.409. The molecule has 0 aliphatic heterocycles. The number of halogens is 1. The van der Waals surface area contributed by atoms with E-state index in [1.807, 2.05) is 30.3 Å². The molecule has 2 aromatic heterocycles. The first-order valence-corrected chi connectivity index (χ1v) is 10.8. The summed E-state index contributed by atoms with van der Waals surface area (Å²) >= 11 is 3.43. The van der Waals surface area contributed by atoms with Crippen molar-refractivity contribution in [3.8, 4) is 11.1 Å². The van der Waals surface area contributed by atoms with Crippen molar-refractivity contribution in [3.05, 3.63) is 68.7 Å². The molecule has 0 aliphatic carbocycles. The number of aliphatic carboxylic acids is 1. The van der Waals surface area contributed by atoms with Gasteiger partial charge in [0.15, 0.2) is 0 Å². The number of carbonyl (C=O) groups excluding carboxylic acids is 2. The van der Waals surface area contributed by atoms with Gasteiger partial charge >= 0.3 is 5.63 Å². The van der Waals surface area contributed by atoms with E-state index in [1.165, 1.54) is 0 Å². The monoisotopic (exact) mass is 496 g/mol. The molecule has 1 N–H and O–H groups in total. The van der Waals surface area contributed by atoms with Crippen molar-refractivity contribution in [1.29, 1.82) is 0 Å². The standard InChI is InChI=1S/C24H20BrNO6/c1-3-19(23(28)29)26-22(27)9-16-12(2)15-8-17-18(13-4-6-14(25)7-5-13)11-31-20(17)10-21(15)32-24(16)30/h4-8,10-11,19H,3,9H2,1-2H3,(H,26,27)(H,28,29)/p-1/t19-/m1/s1. The highest BCUT2D eigenvalue weighted by atomic mass is 79.9. The van der Waals surface area contributed by atoms with Gasteiger partial charge in [-0.1, -0.05) is 35.0 Å². The minimum absolute atomic E-state index is 0.177. The zero-order chi connectivity index (χ0) is 23.0. The van der Waals surface area contributed by atoms with Gasteiger partial charge in [0.1, 0.15) is 11.2 Å². The predicted molar refractivity (Wildman–Crippen MR) is 121 cm³/mol. The van der Waals surface area contributed by atoms with Crippen LogP contribution in [0.5, 0.6) is 0 Å². The van der Waals surface area contributed by atoms with E-state index in [0.29, 0.717) is 22.1 Å². The molecule has 0 unspecified atom stereocenters. The molecule has 0 spiro atoms. The smallest absolute Gasteiger partial charge is 0.340 e. The van der Waals surface area contributed by atoms with Gasteiger partial charge in [-0.05, 0) is 42.7 Å². The number of carboxylic acids is 1. The number of carboxylic acid groups (broad SMARTS) is 1. The molecule has 4 aromatic rings. The number of aryl methyl sites for hydroxylation is 1. The summed E-state index contributed by atoms with van der Waals surface area (Å²) in [6, 6.07) is 10.2. The third-order valence-electron chi connectivity index (χ3n) is 5.50. The highest BCUT2D eigenvalue weighted by Crippen LogP contribution is 2.35. The highest BCUT2D eigenvalue weighted by Gasteiger charge is 2.19. The summed E-state index contributed by atoms with van der Waals surface area (Å²) in [6.07, 6.45) is 1.53. The molecule has 0 bridgehead atoms. The molecule has 8 heteroatoms. The van der Waals surface area contributed by atoms with Crippen LogP contribution in [0, 0.1) is 6.92 Å². The summed E-state index contributed by atoms with van der Waals surface area (Å²) in [7, 11) is 0. The van der Waals surface area contributed by atoms with Crippen LogP contribution in [-0.4, -0.2) is 17.9 Å². The Bertz CT molecular complexity index is 1400. The van der Waals surface area contributed by atoms with Crippen molar-refractivity contribution in [2.24, 2.45) is 0 Å². The lowest BCUT2D eigenvalue weighted by atomic mass is 9.99. The molecule has 32 heavy (non-hydrogen) atoms. The van der Waals surface area contributed by atoms with E-state index in [9.17, 15) is 19.5 Å². The lowest BCUT2D eigenvalue weighted by molar-refractivity contribution is -0.308. The lowest BCUT2D eigenvalue weighted by Gasteiger charge is -2.18. The summed E-state index contributed by atoms with van der Waals surface area (Å²) in [6.45, 7) is 3.36. The van der Waals surface area contributed by atoms with Crippen molar-refractivity contribution in [3.63, 3.8) is 0 Å². The molecule has 0 saturated heterocycles. The third kappa shape index (κ3) is 4.05. The summed E-state index contributed by atoms with van der Waals surface area (Å²) in [5.41, 5.74) is 2.90. The zero-order valence-corrected chi connectivity index (χ0v) is 18.9. The van der Waals surface area contributed by atoms with Crippen molar-refractivity contribution < 1.29 is 23.5 Å². The molecule has 1 amide bonds. The summed E-state index contributed by atoms with van der Waals surface area (Å²) in [5, 5.41) is 15.0. The molecule has 2 heterocycles. The minimum atomic E-state index is -1.37. The van der Waals surface area contributed by atoms with E-state index in [0.717, 1.165) is 21.0 Å². The van der Waals surface area contributed by atoms with Crippen molar-refractivity contribution in [2.75, 3.05) is 0 Å². The molecule has 4 rings (SSSR count). The number of hydrogen-bond donors (Lipinski definition) is 1. The summed E-state index contributed by atoms with van der Waals surface area (Å²) < 4.78 is 12.1. The van der Waals surface area contributed by atoms with E-state index in [2.05, 4.69) is 21.2 Å². The Morgan fingerprint density at radius 1 is 1.12 bits per heavy atom. The van der Waals surface area contributed by atoms with Crippen LogP contribution in [0.1, 0.15) is 24.5 Å². The molecule has 1 atom stereocenters. The van der Waals surface area contributed by atoms with Gasteiger partial charge in [0, 0.05) is 26.9 Å². The number of furan rings is 1. The molecule has 2 aromatic carbocycles. The van der Waals surface area contributed by atoms with Crippen LogP contribution in [0.25, 0.3) is 33.1 Å². The van der Waals surface area contributed by atoms with Gasteiger partial charge in [-0.15, -0.1) is 0 Å². The van der Waals surface area contributed by atoms with Crippen LogP contribution >= 0.6 is 15.9 Å². The van der Waals surface area contributed by atoms with E-state index >= 15 is 0 Å². The first kappa shape index (κ1) is 21.8. The molecule has 7 nitrogen and oxygen atoms in total. The van der Waals surface area contributed by atoms with Crippen molar-refractivity contribution in [2.45, 2.75) is 32.7 Å². The molecular formula is C24H19BrNO6-. The highest BCUT2D eigenvalue weighted by molar-refractivity contribution is 9.10. The first-order valence-electron chi connectivity index (χ1n) is 10.0. The largest absolute Gasteiger partial charge is 0.548 e. The Hall–Kier alpha value is -3.39. The molecule has 0 aliphatic rings. The molecule has 164 valence electrons. The Balaban J connectivity index is 1.77. The van der Waals surface area contributed by atoms with Gasteiger partial charge in [-0.25, -0.2) is 4.79 Å². The fraction of sp³-hybridized carbons (Fsp3) is 0.208. The first-order chi connectivity index (χ1) is 15.3. The lowest BCUT2D eigenvalue weighted by Crippen LogP contribution is -2.48. The number of amides is 1. The number of nitrogens with one attached hydrogen (secondary N) is 1. The maximum atomic E-state index is 12.6. The van der Waals surface area contributed by atoms with E-state index in [4.69, 9.17) is 8.83 Å². The van der Waals surface area contributed by atoms with Gasteiger partial charge in [0.05, 0.1) is 30.3 Å². The molecule has 0 radical (unpaired) electrons. The SMILES string of the molecule is CC[C@@H](NC(=O)Cc1c(C)c2cc3c(-c4ccc(Br)cc4)coc3cc2oc1=O)C(=O)[O-]. The molecular weight excluding hydrogens is 478 g/mol. The average Bonchev–Trinajstić information content (AvgIpc) is 3.17. The average molecular weight is 497 g/mol.